The summed E-state index contributed by atoms with van der Waals surface area (Å²) in [6.45, 7) is 4.72. The predicted molar refractivity (Wildman–Crippen MR) is 109 cm³/mol. The SMILES string of the molecule is CC(=O)Nc1cccc(NC(=O)CSc2nc(C3CC3)nc(C)c2C(C)=O)c1. The molecule has 0 unspecified atom stereocenters. The van der Waals surface area contributed by atoms with Crippen LogP contribution in [0.1, 0.15) is 54.5 Å². The van der Waals surface area contributed by atoms with E-state index in [-0.39, 0.29) is 23.4 Å². The van der Waals surface area contributed by atoms with Gasteiger partial charge in [0.25, 0.3) is 0 Å². The molecule has 1 aliphatic carbocycles. The van der Waals surface area contributed by atoms with Crippen LogP contribution in [0.3, 0.4) is 0 Å². The second-order valence-electron chi connectivity index (χ2n) is 6.78. The highest BCUT2D eigenvalue weighted by molar-refractivity contribution is 8.00. The highest BCUT2D eigenvalue weighted by Crippen LogP contribution is 2.39. The molecule has 1 fully saturated rings. The van der Waals surface area contributed by atoms with Crippen LogP contribution in [0.2, 0.25) is 0 Å². The lowest BCUT2D eigenvalue weighted by Crippen LogP contribution is -2.15. The van der Waals surface area contributed by atoms with E-state index in [0.29, 0.717) is 33.6 Å². The molecule has 0 atom stereocenters. The van der Waals surface area contributed by atoms with Crippen LogP contribution in [0.15, 0.2) is 29.3 Å². The third-order valence-corrected chi connectivity index (χ3v) is 5.15. The molecular formula is C20H22N4O3S. The summed E-state index contributed by atoms with van der Waals surface area (Å²) in [6.07, 6.45) is 2.13. The van der Waals surface area contributed by atoms with Crippen LogP contribution in [0.5, 0.6) is 0 Å². The summed E-state index contributed by atoms with van der Waals surface area (Å²) in [5.41, 5.74) is 2.34. The number of amides is 2. The molecule has 0 saturated heterocycles. The molecule has 3 rings (SSSR count). The van der Waals surface area contributed by atoms with E-state index in [1.807, 2.05) is 6.92 Å². The average Bonchev–Trinajstić information content (AvgIpc) is 3.44. The minimum atomic E-state index is -0.219. The van der Waals surface area contributed by atoms with E-state index in [1.165, 1.54) is 25.6 Å². The Labute approximate surface area is 167 Å². The summed E-state index contributed by atoms with van der Waals surface area (Å²) in [5, 5.41) is 6.03. The van der Waals surface area contributed by atoms with Crippen molar-refractivity contribution in [2.45, 2.75) is 44.6 Å². The fourth-order valence-corrected chi connectivity index (χ4v) is 3.74. The van der Waals surface area contributed by atoms with Gasteiger partial charge in [-0.2, -0.15) is 0 Å². The first-order chi connectivity index (χ1) is 13.3. The summed E-state index contributed by atoms with van der Waals surface area (Å²) in [5.74, 6) is 0.735. The number of nitrogens with zero attached hydrogens (tertiary/aromatic N) is 2. The Morgan fingerprint density at radius 1 is 1.11 bits per heavy atom. The van der Waals surface area contributed by atoms with Crippen molar-refractivity contribution in [1.29, 1.82) is 0 Å². The summed E-state index contributed by atoms with van der Waals surface area (Å²) < 4.78 is 0. The molecule has 2 N–H and O–H groups in total. The zero-order valence-electron chi connectivity index (χ0n) is 16.0. The van der Waals surface area contributed by atoms with E-state index in [2.05, 4.69) is 20.6 Å². The van der Waals surface area contributed by atoms with Gasteiger partial charge < -0.3 is 10.6 Å². The van der Waals surface area contributed by atoms with Crippen LogP contribution in [-0.4, -0.2) is 33.3 Å². The third-order valence-electron chi connectivity index (χ3n) is 4.18. The normalized spacial score (nSPS) is 13.1. The summed E-state index contributed by atoms with van der Waals surface area (Å²) >= 11 is 1.24. The molecule has 2 amide bonds. The number of carbonyl (C=O) groups is 3. The number of aromatic nitrogens is 2. The fourth-order valence-electron chi connectivity index (χ4n) is 2.81. The maximum atomic E-state index is 12.4. The summed E-state index contributed by atoms with van der Waals surface area (Å²) in [6, 6.07) is 6.92. The monoisotopic (exact) mass is 398 g/mol. The lowest BCUT2D eigenvalue weighted by atomic mass is 10.2. The number of thioether (sulfide) groups is 1. The van der Waals surface area contributed by atoms with E-state index < -0.39 is 0 Å². The second-order valence-corrected chi connectivity index (χ2v) is 7.74. The Bertz CT molecular complexity index is 941. The number of hydrogen-bond acceptors (Lipinski definition) is 6. The van der Waals surface area contributed by atoms with Crippen molar-refractivity contribution >= 4 is 40.7 Å². The van der Waals surface area contributed by atoms with Gasteiger partial charge in [-0.05, 0) is 44.9 Å². The minimum Gasteiger partial charge on any atom is -0.326 e. The molecule has 28 heavy (non-hydrogen) atoms. The van der Waals surface area contributed by atoms with Gasteiger partial charge in [-0.1, -0.05) is 17.8 Å². The maximum Gasteiger partial charge on any atom is 0.234 e. The van der Waals surface area contributed by atoms with Crippen LogP contribution >= 0.6 is 11.8 Å². The third kappa shape index (κ3) is 5.16. The molecule has 0 radical (unpaired) electrons. The van der Waals surface area contributed by atoms with Crippen molar-refractivity contribution in [2.24, 2.45) is 0 Å². The van der Waals surface area contributed by atoms with Crippen molar-refractivity contribution in [3.63, 3.8) is 0 Å². The summed E-state index contributed by atoms with van der Waals surface area (Å²) in [7, 11) is 0. The van der Waals surface area contributed by atoms with E-state index >= 15 is 0 Å². The molecule has 0 spiro atoms. The number of anilines is 2. The molecule has 8 heteroatoms. The number of Topliss-reactive ketones (excluding diaryl/α,β-unsaturated/α-hetero) is 1. The Morgan fingerprint density at radius 3 is 2.39 bits per heavy atom. The highest BCUT2D eigenvalue weighted by Gasteiger charge is 2.29. The highest BCUT2D eigenvalue weighted by atomic mass is 32.2. The first kappa shape index (κ1) is 20.0. The van der Waals surface area contributed by atoms with Crippen molar-refractivity contribution < 1.29 is 14.4 Å². The first-order valence-corrected chi connectivity index (χ1v) is 10.0. The van der Waals surface area contributed by atoms with Gasteiger partial charge in [0.05, 0.1) is 17.0 Å². The van der Waals surface area contributed by atoms with Gasteiger partial charge in [-0.25, -0.2) is 9.97 Å². The molecule has 1 aliphatic rings. The minimum absolute atomic E-state index is 0.106. The first-order valence-electron chi connectivity index (χ1n) is 9.03. The molecule has 1 aromatic carbocycles. The van der Waals surface area contributed by atoms with Gasteiger partial charge in [0.1, 0.15) is 10.9 Å². The smallest absolute Gasteiger partial charge is 0.234 e. The van der Waals surface area contributed by atoms with Gasteiger partial charge in [0.15, 0.2) is 5.78 Å². The zero-order valence-corrected chi connectivity index (χ0v) is 16.9. The standard InChI is InChI=1S/C20H22N4O3S/c1-11-18(12(2)25)20(24-19(21-11)14-7-8-14)28-10-17(27)23-16-6-4-5-15(9-16)22-13(3)26/h4-6,9,14H,7-8,10H2,1-3H3,(H,22,26)(H,23,27). The topological polar surface area (TPSA) is 101 Å². The number of benzene rings is 1. The van der Waals surface area contributed by atoms with Gasteiger partial charge in [0.2, 0.25) is 11.8 Å². The molecule has 146 valence electrons. The number of aryl methyl sites for hydroxylation is 1. The second kappa shape index (κ2) is 8.52. The maximum absolute atomic E-state index is 12.4. The average molecular weight is 398 g/mol. The fraction of sp³-hybridized carbons (Fsp3) is 0.350. The van der Waals surface area contributed by atoms with Crippen LogP contribution in [0, 0.1) is 6.92 Å². The van der Waals surface area contributed by atoms with Gasteiger partial charge in [0, 0.05) is 24.2 Å². The van der Waals surface area contributed by atoms with Gasteiger partial charge >= 0.3 is 0 Å². The van der Waals surface area contributed by atoms with Crippen molar-refractivity contribution in [2.75, 3.05) is 16.4 Å². The van der Waals surface area contributed by atoms with Gasteiger partial charge in [-0.15, -0.1) is 0 Å². The Balaban J connectivity index is 1.69. The van der Waals surface area contributed by atoms with E-state index in [9.17, 15) is 14.4 Å². The molecule has 1 heterocycles. The van der Waals surface area contributed by atoms with Crippen molar-refractivity contribution in [3.8, 4) is 0 Å². The van der Waals surface area contributed by atoms with Crippen molar-refractivity contribution in [1.82, 2.24) is 9.97 Å². The number of rotatable bonds is 7. The molecule has 2 aromatic rings. The van der Waals surface area contributed by atoms with Crippen molar-refractivity contribution in [3.05, 3.63) is 41.3 Å². The molecule has 7 nitrogen and oxygen atoms in total. The molecule has 0 bridgehead atoms. The van der Waals surface area contributed by atoms with E-state index in [1.54, 1.807) is 24.3 Å². The Morgan fingerprint density at radius 2 is 1.79 bits per heavy atom. The Kier molecular flexibility index (Phi) is 6.08. The Hall–Kier alpha value is -2.74. The lowest BCUT2D eigenvalue weighted by Gasteiger charge is -2.11. The quantitative estimate of drug-likeness (QED) is 0.420. The molecule has 1 saturated carbocycles. The van der Waals surface area contributed by atoms with Crippen LogP contribution in [-0.2, 0) is 9.59 Å². The largest absolute Gasteiger partial charge is 0.326 e. The lowest BCUT2D eigenvalue weighted by molar-refractivity contribution is -0.114. The number of hydrogen-bond donors (Lipinski definition) is 2. The summed E-state index contributed by atoms with van der Waals surface area (Å²) in [4.78, 5) is 44.6. The van der Waals surface area contributed by atoms with E-state index in [4.69, 9.17) is 0 Å². The number of ketones is 1. The van der Waals surface area contributed by atoms with Gasteiger partial charge in [-0.3, -0.25) is 14.4 Å². The van der Waals surface area contributed by atoms with Crippen LogP contribution in [0.4, 0.5) is 11.4 Å². The van der Waals surface area contributed by atoms with E-state index in [0.717, 1.165) is 18.7 Å². The zero-order chi connectivity index (χ0) is 20.3. The molecule has 0 aliphatic heterocycles. The predicted octanol–water partition coefficient (Wildman–Crippen LogP) is 3.55. The number of carbonyl (C=O) groups excluding carboxylic acids is 3. The molecular weight excluding hydrogens is 376 g/mol. The van der Waals surface area contributed by atoms with Crippen LogP contribution in [0.25, 0.3) is 0 Å². The van der Waals surface area contributed by atoms with Crippen LogP contribution < -0.4 is 10.6 Å². The molecule has 1 aromatic heterocycles. The number of nitrogens with one attached hydrogen (secondary N) is 2.